The minimum Gasteiger partial charge on any atom is -0.454 e. The molecule has 156 valence electrons. The summed E-state index contributed by atoms with van der Waals surface area (Å²) >= 11 is 0. The molecule has 7 nitrogen and oxygen atoms in total. The number of carbonyl (C=O) groups excluding carboxylic acids is 3. The lowest BCUT2D eigenvalue weighted by Crippen LogP contribution is -2.41. The van der Waals surface area contributed by atoms with E-state index in [9.17, 15) is 14.4 Å². The van der Waals surface area contributed by atoms with E-state index in [0.29, 0.717) is 22.6 Å². The van der Waals surface area contributed by atoms with Gasteiger partial charge < -0.3 is 14.8 Å². The van der Waals surface area contributed by atoms with Crippen LogP contribution in [-0.2, 0) is 15.7 Å². The molecule has 4 rings (SSSR count). The Morgan fingerprint density at radius 2 is 1.73 bits per heavy atom. The lowest BCUT2D eigenvalue weighted by molar-refractivity contribution is -0.130. The number of rotatable bonds is 4. The van der Waals surface area contributed by atoms with Crippen molar-refractivity contribution in [1.82, 2.24) is 10.2 Å². The summed E-state index contributed by atoms with van der Waals surface area (Å²) in [5.41, 5.74) is 0.907. The Morgan fingerprint density at radius 1 is 1.07 bits per heavy atom. The highest BCUT2D eigenvalue weighted by molar-refractivity contribution is 6.11. The first-order valence-corrected chi connectivity index (χ1v) is 9.77. The van der Waals surface area contributed by atoms with Gasteiger partial charge in [-0.05, 0) is 41.7 Å². The number of ketones is 1. The number of ether oxygens (including phenoxy) is 2. The topological polar surface area (TPSA) is 84.9 Å². The molecular formula is C23H24N2O5. The highest BCUT2D eigenvalue weighted by atomic mass is 16.7. The van der Waals surface area contributed by atoms with Gasteiger partial charge >= 0.3 is 6.03 Å². The Hall–Kier alpha value is -3.35. The fourth-order valence-electron chi connectivity index (χ4n) is 3.64. The Bertz CT molecular complexity index is 1040. The van der Waals surface area contributed by atoms with Gasteiger partial charge in [0.05, 0.1) is 6.54 Å². The van der Waals surface area contributed by atoms with Gasteiger partial charge in [0.25, 0.3) is 5.91 Å². The first-order chi connectivity index (χ1) is 14.1. The van der Waals surface area contributed by atoms with Gasteiger partial charge in [-0.15, -0.1) is 0 Å². The minimum absolute atomic E-state index is 0.0224. The lowest BCUT2D eigenvalue weighted by atomic mass is 9.84. The van der Waals surface area contributed by atoms with Crippen LogP contribution in [0.4, 0.5) is 4.79 Å². The highest BCUT2D eigenvalue weighted by Crippen LogP contribution is 2.34. The molecule has 1 fully saturated rings. The van der Waals surface area contributed by atoms with Crippen molar-refractivity contribution in [2.45, 2.75) is 38.6 Å². The van der Waals surface area contributed by atoms with Crippen LogP contribution in [-0.4, -0.2) is 36.0 Å². The summed E-state index contributed by atoms with van der Waals surface area (Å²) < 4.78 is 10.5. The second-order valence-corrected chi connectivity index (χ2v) is 8.77. The summed E-state index contributed by atoms with van der Waals surface area (Å²) in [7, 11) is 0. The molecule has 3 amide bonds. The number of hydrogen-bond acceptors (Lipinski definition) is 5. The van der Waals surface area contributed by atoms with E-state index in [1.165, 1.54) is 0 Å². The van der Waals surface area contributed by atoms with E-state index in [0.717, 1.165) is 10.5 Å². The smallest absolute Gasteiger partial charge is 0.325 e. The van der Waals surface area contributed by atoms with Crippen molar-refractivity contribution in [2.75, 3.05) is 13.3 Å². The molecule has 0 unspecified atom stereocenters. The first-order valence-electron chi connectivity index (χ1n) is 9.77. The Morgan fingerprint density at radius 3 is 2.40 bits per heavy atom. The van der Waals surface area contributed by atoms with Crippen molar-refractivity contribution in [3.8, 4) is 11.5 Å². The summed E-state index contributed by atoms with van der Waals surface area (Å²) in [4.78, 5) is 39.4. The summed E-state index contributed by atoms with van der Waals surface area (Å²) in [6, 6.07) is 11.8. The van der Waals surface area contributed by atoms with E-state index >= 15 is 0 Å². The zero-order valence-corrected chi connectivity index (χ0v) is 17.4. The molecule has 0 bridgehead atoms. The maximum Gasteiger partial charge on any atom is 0.325 e. The Labute approximate surface area is 175 Å². The van der Waals surface area contributed by atoms with Crippen LogP contribution in [0.15, 0.2) is 42.5 Å². The van der Waals surface area contributed by atoms with Gasteiger partial charge in [0.15, 0.2) is 17.3 Å². The van der Waals surface area contributed by atoms with E-state index in [1.54, 1.807) is 25.1 Å². The number of nitrogens with one attached hydrogen (secondary N) is 1. The molecule has 0 aliphatic carbocycles. The first kappa shape index (κ1) is 19.9. The minimum atomic E-state index is -1.22. The molecular weight excluding hydrogens is 384 g/mol. The predicted octanol–water partition coefficient (Wildman–Crippen LogP) is 3.36. The van der Waals surface area contributed by atoms with Gasteiger partial charge in [-0.2, -0.15) is 0 Å². The van der Waals surface area contributed by atoms with E-state index in [-0.39, 0.29) is 24.5 Å². The van der Waals surface area contributed by atoms with Crippen molar-refractivity contribution in [2.24, 2.45) is 0 Å². The third-order valence-electron chi connectivity index (χ3n) is 5.60. The third-order valence-corrected chi connectivity index (χ3v) is 5.60. The van der Waals surface area contributed by atoms with Crippen molar-refractivity contribution < 1.29 is 23.9 Å². The normalized spacial score (nSPS) is 20.5. The van der Waals surface area contributed by atoms with Gasteiger partial charge in [0.2, 0.25) is 6.79 Å². The standard InChI is InChI=1S/C23H24N2O5/c1-22(2,3)15-6-8-16(9-7-15)23(4)20(27)25(21(28)24-23)12-17(26)14-5-10-18-19(11-14)30-13-29-18/h5-11H,12-13H2,1-4H3,(H,24,28)/t23-/m0/s1. The van der Waals surface area contributed by atoms with Crippen molar-refractivity contribution in [3.05, 3.63) is 59.2 Å². The number of carbonyl (C=O) groups is 3. The van der Waals surface area contributed by atoms with Crippen molar-refractivity contribution in [3.63, 3.8) is 0 Å². The lowest BCUT2D eigenvalue weighted by Gasteiger charge is -2.24. The summed E-state index contributed by atoms with van der Waals surface area (Å²) in [6.45, 7) is 7.73. The fourth-order valence-corrected chi connectivity index (χ4v) is 3.64. The molecule has 0 spiro atoms. The average Bonchev–Trinajstić information content (AvgIpc) is 3.25. The number of Topliss-reactive ketones (excluding diaryl/α,β-unsaturated/α-hetero) is 1. The van der Waals surface area contributed by atoms with Crippen LogP contribution in [0.1, 0.15) is 49.2 Å². The molecule has 7 heteroatoms. The van der Waals surface area contributed by atoms with Crippen molar-refractivity contribution in [1.29, 1.82) is 0 Å². The number of urea groups is 1. The van der Waals surface area contributed by atoms with Gasteiger partial charge in [-0.25, -0.2) is 4.79 Å². The molecule has 1 saturated heterocycles. The zero-order chi connectivity index (χ0) is 21.7. The van der Waals surface area contributed by atoms with Crippen LogP contribution >= 0.6 is 0 Å². The number of fused-ring (bicyclic) bond motifs is 1. The van der Waals surface area contributed by atoms with E-state index in [2.05, 4.69) is 26.1 Å². The molecule has 2 heterocycles. The van der Waals surface area contributed by atoms with Gasteiger partial charge in [-0.3, -0.25) is 14.5 Å². The number of amides is 3. The van der Waals surface area contributed by atoms with Gasteiger partial charge in [-0.1, -0.05) is 45.0 Å². The zero-order valence-electron chi connectivity index (χ0n) is 17.4. The van der Waals surface area contributed by atoms with Crippen LogP contribution in [0.25, 0.3) is 0 Å². The van der Waals surface area contributed by atoms with Crippen LogP contribution in [0.5, 0.6) is 11.5 Å². The van der Waals surface area contributed by atoms with Crippen LogP contribution in [0.3, 0.4) is 0 Å². The van der Waals surface area contributed by atoms with Crippen LogP contribution in [0, 0.1) is 0 Å². The molecule has 2 aliphatic rings. The van der Waals surface area contributed by atoms with E-state index < -0.39 is 17.5 Å². The quantitative estimate of drug-likeness (QED) is 0.619. The third kappa shape index (κ3) is 3.30. The summed E-state index contributed by atoms with van der Waals surface area (Å²) in [5.74, 6) is 0.226. The SMILES string of the molecule is CC(C)(C)c1ccc([C@]2(C)NC(=O)N(CC(=O)c3ccc4c(c3)OCO4)C2=O)cc1. The highest BCUT2D eigenvalue weighted by Gasteiger charge is 2.49. The largest absolute Gasteiger partial charge is 0.454 e. The second-order valence-electron chi connectivity index (χ2n) is 8.77. The number of nitrogens with zero attached hydrogens (tertiary/aromatic N) is 1. The molecule has 2 aromatic carbocycles. The molecule has 30 heavy (non-hydrogen) atoms. The Kier molecular flexibility index (Phi) is 4.56. The van der Waals surface area contributed by atoms with Crippen LogP contribution < -0.4 is 14.8 Å². The Balaban J connectivity index is 1.54. The monoisotopic (exact) mass is 408 g/mol. The summed E-state index contributed by atoms with van der Waals surface area (Å²) in [6.07, 6.45) is 0. The summed E-state index contributed by atoms with van der Waals surface area (Å²) in [5, 5.41) is 2.74. The molecule has 1 atom stereocenters. The number of hydrogen-bond donors (Lipinski definition) is 1. The molecule has 2 aliphatic heterocycles. The number of imide groups is 1. The molecule has 1 N–H and O–H groups in total. The maximum atomic E-state index is 13.1. The van der Waals surface area contributed by atoms with Gasteiger partial charge in [0, 0.05) is 5.56 Å². The van der Waals surface area contributed by atoms with E-state index in [1.807, 2.05) is 24.3 Å². The molecule has 0 aromatic heterocycles. The predicted molar refractivity (Wildman–Crippen MR) is 110 cm³/mol. The van der Waals surface area contributed by atoms with E-state index in [4.69, 9.17) is 9.47 Å². The maximum absolute atomic E-state index is 13.1. The van der Waals surface area contributed by atoms with Crippen molar-refractivity contribution >= 4 is 17.7 Å². The average molecular weight is 408 g/mol. The fraction of sp³-hybridized carbons (Fsp3) is 0.348. The molecule has 2 aromatic rings. The van der Waals surface area contributed by atoms with Gasteiger partial charge in [0.1, 0.15) is 5.54 Å². The second kappa shape index (κ2) is 6.86. The van der Waals surface area contributed by atoms with Crippen LogP contribution in [0.2, 0.25) is 0 Å². The molecule has 0 radical (unpaired) electrons. The number of benzene rings is 2. The molecule has 0 saturated carbocycles.